The number of carbonyl (C=O) groups excluding carboxylic acids is 1. The van der Waals surface area contributed by atoms with E-state index in [2.05, 4.69) is 4.90 Å². The van der Waals surface area contributed by atoms with E-state index < -0.39 is 0 Å². The van der Waals surface area contributed by atoms with Crippen LogP contribution in [-0.2, 0) is 4.79 Å². The minimum absolute atomic E-state index is 0.370. The molecule has 1 saturated heterocycles. The van der Waals surface area contributed by atoms with Crippen molar-refractivity contribution in [2.24, 2.45) is 23.7 Å². The maximum absolute atomic E-state index is 12.8. The lowest BCUT2D eigenvalue weighted by Gasteiger charge is -2.32. The normalized spacial score (nSPS) is 29.0. The summed E-state index contributed by atoms with van der Waals surface area (Å²) in [7, 11) is 1.67. The molecule has 0 N–H and O–H groups in total. The molecule has 3 aliphatic rings. The summed E-state index contributed by atoms with van der Waals surface area (Å²) in [6, 6.07) is 7.75. The van der Waals surface area contributed by atoms with Crippen molar-refractivity contribution in [3.8, 4) is 11.5 Å². The van der Waals surface area contributed by atoms with Gasteiger partial charge in [0.25, 0.3) is 0 Å². The van der Waals surface area contributed by atoms with Crippen molar-refractivity contribution < 1.29 is 14.3 Å². The molecule has 2 atom stereocenters. The number of methoxy groups -OCH3 is 1. The summed E-state index contributed by atoms with van der Waals surface area (Å²) < 4.78 is 11.1. The first-order valence-corrected chi connectivity index (χ1v) is 9.82. The summed E-state index contributed by atoms with van der Waals surface area (Å²) in [6.07, 6.45) is 7.35. The van der Waals surface area contributed by atoms with E-state index in [4.69, 9.17) is 9.47 Å². The van der Waals surface area contributed by atoms with Crippen molar-refractivity contribution in [3.05, 3.63) is 24.3 Å². The number of nitrogens with zero attached hydrogens (tertiary/aromatic N) is 1. The first-order valence-electron chi connectivity index (χ1n) is 9.82. The standard InChI is InChI=1S/C21H29NO3/c1-24-16-6-8-17(9-7-16)25-14-15-10-12-22(13-11-15)21(23)20-18-4-2-3-5-19(18)20/h6-9,15,18-20H,2-5,10-14H2,1H3/t18-,19-/m1/s1. The van der Waals surface area contributed by atoms with Gasteiger partial charge in [0.1, 0.15) is 11.5 Å². The van der Waals surface area contributed by atoms with Gasteiger partial charge in [0.05, 0.1) is 13.7 Å². The number of piperidine rings is 1. The fraction of sp³-hybridized carbons (Fsp3) is 0.667. The molecule has 136 valence electrons. The molecule has 0 bridgehead atoms. The Bertz CT molecular complexity index is 580. The van der Waals surface area contributed by atoms with Crippen molar-refractivity contribution in [1.29, 1.82) is 0 Å². The number of likely N-dealkylation sites (tertiary alicyclic amines) is 1. The van der Waals surface area contributed by atoms with E-state index >= 15 is 0 Å². The lowest BCUT2D eigenvalue weighted by atomic mass is 9.97. The smallest absolute Gasteiger partial charge is 0.226 e. The molecule has 4 rings (SSSR count). The van der Waals surface area contributed by atoms with Gasteiger partial charge in [-0.15, -0.1) is 0 Å². The molecule has 25 heavy (non-hydrogen) atoms. The Morgan fingerprint density at radius 3 is 2.20 bits per heavy atom. The summed E-state index contributed by atoms with van der Waals surface area (Å²) in [5, 5.41) is 0. The summed E-state index contributed by atoms with van der Waals surface area (Å²) in [5.74, 6) is 4.55. The van der Waals surface area contributed by atoms with E-state index in [1.807, 2.05) is 24.3 Å². The average molecular weight is 343 g/mol. The highest BCUT2D eigenvalue weighted by Crippen LogP contribution is 2.56. The van der Waals surface area contributed by atoms with Gasteiger partial charge in [-0.3, -0.25) is 4.79 Å². The molecule has 0 aromatic heterocycles. The van der Waals surface area contributed by atoms with E-state index in [-0.39, 0.29) is 0 Å². The minimum atomic E-state index is 0.370. The Morgan fingerprint density at radius 2 is 1.60 bits per heavy atom. The van der Waals surface area contributed by atoms with Crippen LogP contribution in [0, 0.1) is 23.7 Å². The molecule has 2 saturated carbocycles. The monoisotopic (exact) mass is 343 g/mol. The quantitative estimate of drug-likeness (QED) is 0.817. The number of ether oxygens (including phenoxy) is 2. The summed E-state index contributed by atoms with van der Waals surface area (Å²) >= 11 is 0. The van der Waals surface area contributed by atoms with Gasteiger partial charge in [-0.05, 0) is 67.7 Å². The second-order valence-electron chi connectivity index (χ2n) is 7.89. The van der Waals surface area contributed by atoms with Gasteiger partial charge in [0.2, 0.25) is 5.91 Å². The molecule has 2 aliphatic carbocycles. The summed E-state index contributed by atoms with van der Waals surface area (Å²) in [4.78, 5) is 14.9. The van der Waals surface area contributed by atoms with Crippen LogP contribution < -0.4 is 9.47 Å². The van der Waals surface area contributed by atoms with Crippen LogP contribution in [0.25, 0.3) is 0 Å². The molecular weight excluding hydrogens is 314 g/mol. The van der Waals surface area contributed by atoms with E-state index in [0.29, 0.717) is 17.7 Å². The van der Waals surface area contributed by atoms with Crippen molar-refractivity contribution in [3.63, 3.8) is 0 Å². The van der Waals surface area contributed by atoms with Crippen molar-refractivity contribution >= 4 is 5.91 Å². The maximum atomic E-state index is 12.8. The van der Waals surface area contributed by atoms with Gasteiger partial charge in [0, 0.05) is 19.0 Å². The van der Waals surface area contributed by atoms with Gasteiger partial charge in [-0.25, -0.2) is 0 Å². The first kappa shape index (κ1) is 16.7. The fourth-order valence-electron chi connectivity index (χ4n) is 4.78. The number of hydrogen-bond acceptors (Lipinski definition) is 3. The molecule has 1 amide bonds. The molecule has 4 nitrogen and oxygen atoms in total. The third-order valence-electron chi connectivity index (χ3n) is 6.41. The van der Waals surface area contributed by atoms with Crippen LogP contribution in [0.2, 0.25) is 0 Å². The second kappa shape index (κ2) is 7.27. The highest BCUT2D eigenvalue weighted by molar-refractivity contribution is 5.82. The van der Waals surface area contributed by atoms with Gasteiger partial charge in [-0.2, -0.15) is 0 Å². The van der Waals surface area contributed by atoms with Crippen LogP contribution in [-0.4, -0.2) is 37.6 Å². The summed E-state index contributed by atoms with van der Waals surface area (Å²) in [6.45, 7) is 2.56. The van der Waals surface area contributed by atoms with Crippen molar-refractivity contribution in [2.75, 3.05) is 26.8 Å². The molecule has 0 spiro atoms. The van der Waals surface area contributed by atoms with Crippen LogP contribution in [0.5, 0.6) is 11.5 Å². The van der Waals surface area contributed by atoms with Gasteiger partial charge >= 0.3 is 0 Å². The Balaban J connectivity index is 1.21. The van der Waals surface area contributed by atoms with E-state index in [1.165, 1.54) is 25.7 Å². The predicted molar refractivity (Wildman–Crippen MR) is 96.7 cm³/mol. The maximum Gasteiger partial charge on any atom is 0.226 e. The molecule has 0 radical (unpaired) electrons. The highest BCUT2D eigenvalue weighted by Gasteiger charge is 2.55. The van der Waals surface area contributed by atoms with Crippen molar-refractivity contribution in [2.45, 2.75) is 38.5 Å². The zero-order valence-corrected chi connectivity index (χ0v) is 15.2. The molecule has 3 fully saturated rings. The molecular formula is C21H29NO3. The Labute approximate surface area is 150 Å². The molecule has 1 aliphatic heterocycles. The van der Waals surface area contributed by atoms with Crippen molar-refractivity contribution in [1.82, 2.24) is 4.90 Å². The highest BCUT2D eigenvalue weighted by atomic mass is 16.5. The van der Waals surface area contributed by atoms with Crippen LogP contribution >= 0.6 is 0 Å². The topological polar surface area (TPSA) is 38.8 Å². The van der Waals surface area contributed by atoms with Crippen LogP contribution in [0.4, 0.5) is 0 Å². The number of hydrogen-bond donors (Lipinski definition) is 0. The SMILES string of the molecule is COc1ccc(OCC2CCN(C(=O)C3[C@@H]4CCCC[C@@H]34)CC2)cc1. The van der Waals surface area contributed by atoms with Gasteiger partial charge in [-0.1, -0.05) is 12.8 Å². The van der Waals surface area contributed by atoms with E-state index in [9.17, 15) is 4.79 Å². The number of rotatable bonds is 5. The van der Waals surface area contributed by atoms with Gasteiger partial charge in [0.15, 0.2) is 0 Å². The lowest BCUT2D eigenvalue weighted by Crippen LogP contribution is -2.41. The molecule has 4 heteroatoms. The largest absolute Gasteiger partial charge is 0.497 e. The van der Waals surface area contributed by atoms with Crippen LogP contribution in [0.3, 0.4) is 0 Å². The van der Waals surface area contributed by atoms with Gasteiger partial charge < -0.3 is 14.4 Å². The van der Waals surface area contributed by atoms with Crippen LogP contribution in [0.1, 0.15) is 38.5 Å². The Hall–Kier alpha value is -1.71. The fourth-order valence-corrected chi connectivity index (χ4v) is 4.78. The third kappa shape index (κ3) is 3.63. The number of fused-ring (bicyclic) bond motifs is 1. The summed E-state index contributed by atoms with van der Waals surface area (Å²) in [5.41, 5.74) is 0. The number of benzene rings is 1. The second-order valence-corrected chi connectivity index (χ2v) is 7.89. The number of amides is 1. The molecule has 1 heterocycles. The predicted octanol–water partition coefficient (Wildman–Crippen LogP) is 3.75. The zero-order valence-electron chi connectivity index (χ0n) is 15.2. The third-order valence-corrected chi connectivity index (χ3v) is 6.41. The van der Waals surface area contributed by atoms with Crippen LogP contribution in [0.15, 0.2) is 24.3 Å². The molecule has 0 unspecified atom stereocenters. The Morgan fingerprint density at radius 1 is 1.00 bits per heavy atom. The average Bonchev–Trinajstić information content (AvgIpc) is 3.41. The molecule has 1 aromatic carbocycles. The van der Waals surface area contributed by atoms with E-state index in [1.54, 1.807) is 7.11 Å². The lowest BCUT2D eigenvalue weighted by molar-refractivity contribution is -0.134. The minimum Gasteiger partial charge on any atom is -0.497 e. The number of carbonyl (C=O) groups is 1. The first-order chi connectivity index (χ1) is 12.3. The zero-order chi connectivity index (χ0) is 17.2. The molecule has 1 aromatic rings. The Kier molecular flexibility index (Phi) is 4.87. The van der Waals surface area contributed by atoms with E-state index in [0.717, 1.165) is 55.9 Å².